The molecule has 0 spiro atoms. The van der Waals surface area contributed by atoms with Gasteiger partial charge in [-0.3, -0.25) is 0 Å². The van der Waals surface area contributed by atoms with Crippen LogP contribution in [0.5, 0.6) is 23.0 Å². The lowest BCUT2D eigenvalue weighted by molar-refractivity contribution is -0.142. The number of hydrogen-bond donors (Lipinski definition) is 0. The van der Waals surface area contributed by atoms with Gasteiger partial charge in [0.25, 0.3) is 0 Å². The van der Waals surface area contributed by atoms with Gasteiger partial charge in [0.1, 0.15) is 46.5 Å². The van der Waals surface area contributed by atoms with Crippen LogP contribution < -0.4 is 9.47 Å². The standard InChI is InChI=1S/2C16H11F3N2O2/c2*1-22-7-6-11-2-4-14(12(8-11)9-20)23-13-3-5-15(21-10-13)16(17,18)19/h2*2-8,10H,1H3/b7-6+;7-6-. The van der Waals surface area contributed by atoms with Gasteiger partial charge in [0, 0.05) is 0 Å². The second-order valence-electron chi connectivity index (χ2n) is 8.77. The Kier molecular flexibility index (Phi) is 11.7. The monoisotopic (exact) mass is 640 g/mol. The van der Waals surface area contributed by atoms with E-state index in [1.165, 1.54) is 26.7 Å². The van der Waals surface area contributed by atoms with E-state index >= 15 is 0 Å². The SMILES string of the molecule is CO/C=C/c1ccc(Oc2ccc(C(F)(F)F)nc2)c(C#N)c1.CO/C=C\c1ccc(Oc2ccc(C(F)(F)F)nc2)c(C#N)c1. The minimum absolute atomic E-state index is 0.106. The minimum Gasteiger partial charge on any atom is -0.504 e. The van der Waals surface area contributed by atoms with Crippen molar-refractivity contribution in [2.24, 2.45) is 0 Å². The summed E-state index contributed by atoms with van der Waals surface area (Å²) in [6.07, 6.45) is -0.870. The van der Waals surface area contributed by atoms with E-state index in [9.17, 15) is 26.3 Å². The Bertz CT molecular complexity index is 1630. The molecule has 0 unspecified atom stereocenters. The first-order valence-electron chi connectivity index (χ1n) is 12.8. The Hall–Kier alpha value is -6.02. The molecule has 4 aromatic rings. The number of aromatic nitrogens is 2. The summed E-state index contributed by atoms with van der Waals surface area (Å²) in [4.78, 5) is 6.60. The molecule has 0 atom stereocenters. The largest absolute Gasteiger partial charge is 0.504 e. The zero-order valence-corrected chi connectivity index (χ0v) is 23.9. The number of rotatable bonds is 8. The number of pyridine rings is 2. The van der Waals surface area contributed by atoms with Crippen LogP contribution in [-0.2, 0) is 21.8 Å². The Morgan fingerprint density at radius 2 is 1.00 bits per heavy atom. The molecule has 0 radical (unpaired) electrons. The lowest BCUT2D eigenvalue weighted by Crippen LogP contribution is -2.07. The number of ether oxygens (including phenoxy) is 4. The first-order chi connectivity index (χ1) is 21.9. The first-order valence-corrected chi connectivity index (χ1v) is 12.8. The molecule has 0 aliphatic heterocycles. The zero-order valence-electron chi connectivity index (χ0n) is 23.9. The summed E-state index contributed by atoms with van der Waals surface area (Å²) in [7, 11) is 2.99. The van der Waals surface area contributed by atoms with Crippen LogP contribution in [0.15, 0.2) is 85.6 Å². The fourth-order valence-corrected chi connectivity index (χ4v) is 3.42. The molecule has 4 rings (SSSR count). The van der Waals surface area contributed by atoms with Crippen molar-refractivity contribution in [1.29, 1.82) is 10.5 Å². The second-order valence-corrected chi connectivity index (χ2v) is 8.77. The van der Waals surface area contributed by atoms with E-state index < -0.39 is 23.7 Å². The van der Waals surface area contributed by atoms with Gasteiger partial charge in [0.05, 0.1) is 50.3 Å². The van der Waals surface area contributed by atoms with E-state index in [4.69, 9.17) is 29.5 Å². The molecule has 0 aliphatic rings. The molecular weight excluding hydrogens is 618 g/mol. The van der Waals surface area contributed by atoms with Crippen LogP contribution in [0.4, 0.5) is 26.3 Å². The molecule has 46 heavy (non-hydrogen) atoms. The van der Waals surface area contributed by atoms with Crippen LogP contribution in [0, 0.1) is 22.7 Å². The molecule has 0 saturated carbocycles. The summed E-state index contributed by atoms with van der Waals surface area (Å²) in [6, 6.07) is 17.5. The highest BCUT2D eigenvalue weighted by Gasteiger charge is 2.33. The number of halogens is 6. The zero-order chi connectivity index (χ0) is 33.7. The van der Waals surface area contributed by atoms with Crippen LogP contribution in [0.2, 0.25) is 0 Å². The number of hydrogen-bond acceptors (Lipinski definition) is 8. The van der Waals surface area contributed by atoms with Crippen molar-refractivity contribution < 1.29 is 45.3 Å². The molecule has 0 bridgehead atoms. The molecule has 0 amide bonds. The predicted octanol–water partition coefficient (Wildman–Crippen LogP) is 8.76. The van der Waals surface area contributed by atoms with Crippen LogP contribution >= 0.6 is 0 Å². The van der Waals surface area contributed by atoms with Gasteiger partial charge < -0.3 is 18.9 Å². The number of nitrogens with zero attached hydrogens (tertiary/aromatic N) is 4. The van der Waals surface area contributed by atoms with E-state index in [-0.39, 0.29) is 34.1 Å². The normalized spacial score (nSPS) is 11.3. The highest BCUT2D eigenvalue weighted by molar-refractivity contribution is 5.57. The third-order valence-electron chi connectivity index (χ3n) is 5.55. The van der Waals surface area contributed by atoms with Gasteiger partial charge >= 0.3 is 12.4 Å². The van der Waals surface area contributed by atoms with Crippen molar-refractivity contribution in [3.05, 3.63) is 119 Å². The van der Waals surface area contributed by atoms with Gasteiger partial charge in [-0.25, -0.2) is 9.97 Å². The van der Waals surface area contributed by atoms with Crippen molar-refractivity contribution in [2.75, 3.05) is 14.2 Å². The highest BCUT2D eigenvalue weighted by atomic mass is 19.4. The molecule has 14 heteroatoms. The Morgan fingerprint density at radius 3 is 1.28 bits per heavy atom. The number of benzene rings is 2. The quantitative estimate of drug-likeness (QED) is 0.139. The fraction of sp³-hybridized carbons (Fsp3) is 0.125. The number of nitriles is 2. The van der Waals surface area contributed by atoms with Crippen molar-refractivity contribution in [3.63, 3.8) is 0 Å². The van der Waals surface area contributed by atoms with Crippen LogP contribution in [-0.4, -0.2) is 24.2 Å². The maximum absolute atomic E-state index is 12.4. The summed E-state index contributed by atoms with van der Waals surface area (Å²) in [6.45, 7) is 0. The number of alkyl halides is 6. The molecule has 0 saturated heterocycles. The van der Waals surface area contributed by atoms with Gasteiger partial charge in [-0.15, -0.1) is 0 Å². The van der Waals surface area contributed by atoms with E-state index in [1.807, 2.05) is 12.1 Å². The minimum atomic E-state index is -4.51. The maximum atomic E-state index is 12.4. The van der Waals surface area contributed by atoms with E-state index in [1.54, 1.807) is 48.6 Å². The van der Waals surface area contributed by atoms with Crippen LogP contribution in [0.25, 0.3) is 12.2 Å². The van der Waals surface area contributed by atoms with Crippen molar-refractivity contribution in [2.45, 2.75) is 12.4 Å². The first kappa shape index (κ1) is 34.5. The summed E-state index contributed by atoms with van der Waals surface area (Å²) >= 11 is 0. The molecule has 236 valence electrons. The lowest BCUT2D eigenvalue weighted by Gasteiger charge is -2.09. The molecule has 2 aromatic carbocycles. The van der Waals surface area contributed by atoms with E-state index in [0.29, 0.717) is 0 Å². The van der Waals surface area contributed by atoms with Crippen molar-refractivity contribution >= 4 is 12.2 Å². The number of methoxy groups -OCH3 is 2. The maximum Gasteiger partial charge on any atom is 0.433 e. The predicted molar refractivity (Wildman–Crippen MR) is 153 cm³/mol. The van der Waals surface area contributed by atoms with Gasteiger partial charge in [-0.2, -0.15) is 36.9 Å². The average Bonchev–Trinajstić information content (AvgIpc) is 3.03. The Balaban J connectivity index is 0.000000250. The molecule has 0 fully saturated rings. The molecule has 8 nitrogen and oxygen atoms in total. The van der Waals surface area contributed by atoms with Crippen molar-refractivity contribution in [3.8, 4) is 35.1 Å². The summed E-state index contributed by atoms with van der Waals surface area (Å²) < 4.78 is 95.1. The molecule has 0 N–H and O–H groups in total. The molecule has 0 aliphatic carbocycles. The summed E-state index contributed by atoms with van der Waals surface area (Å²) in [5.41, 5.74) is -0.0929. The van der Waals surface area contributed by atoms with E-state index in [0.717, 1.165) is 47.8 Å². The van der Waals surface area contributed by atoms with Crippen LogP contribution in [0.3, 0.4) is 0 Å². The Labute approximate surface area is 259 Å². The second kappa shape index (κ2) is 15.6. The van der Waals surface area contributed by atoms with Gasteiger partial charge in [0.2, 0.25) is 0 Å². The van der Waals surface area contributed by atoms with E-state index in [2.05, 4.69) is 9.97 Å². The average molecular weight is 641 g/mol. The lowest BCUT2D eigenvalue weighted by atomic mass is 10.1. The highest BCUT2D eigenvalue weighted by Crippen LogP contribution is 2.32. The fourth-order valence-electron chi connectivity index (χ4n) is 3.42. The molecular formula is C32H22F6N4O4. The van der Waals surface area contributed by atoms with Gasteiger partial charge in [-0.1, -0.05) is 12.1 Å². The molecule has 2 aromatic heterocycles. The van der Waals surface area contributed by atoms with Gasteiger partial charge in [-0.05, 0) is 71.8 Å². The van der Waals surface area contributed by atoms with Gasteiger partial charge in [0.15, 0.2) is 0 Å². The molecule has 2 heterocycles. The summed E-state index contributed by atoms with van der Waals surface area (Å²) in [5, 5.41) is 18.3. The topological polar surface area (TPSA) is 110 Å². The third-order valence-corrected chi connectivity index (χ3v) is 5.55. The third kappa shape index (κ3) is 10.0. The Morgan fingerprint density at radius 1 is 0.609 bits per heavy atom. The van der Waals surface area contributed by atoms with Crippen molar-refractivity contribution in [1.82, 2.24) is 9.97 Å². The smallest absolute Gasteiger partial charge is 0.433 e. The van der Waals surface area contributed by atoms with Crippen LogP contribution in [0.1, 0.15) is 33.6 Å². The summed E-state index contributed by atoms with van der Waals surface area (Å²) in [5.74, 6) is 0.664.